The first-order valence-electron chi connectivity index (χ1n) is 6.87. The maximum absolute atomic E-state index is 5.14. The van der Waals surface area contributed by atoms with Crippen molar-refractivity contribution in [2.45, 2.75) is 69.5 Å². The van der Waals surface area contributed by atoms with Crippen molar-refractivity contribution in [2.75, 3.05) is 0 Å². The fraction of sp³-hybridized carbons (Fsp3) is 1.00. The van der Waals surface area contributed by atoms with Crippen molar-refractivity contribution in [3.63, 3.8) is 0 Å². The third-order valence-corrected chi connectivity index (χ3v) is 6.28. The summed E-state index contributed by atoms with van der Waals surface area (Å²) in [5.74, 6) is 1.90. The van der Waals surface area contributed by atoms with E-state index in [1.54, 1.807) is 0 Å². The van der Waals surface area contributed by atoms with E-state index < -0.39 is 0 Å². The fourth-order valence-corrected chi connectivity index (χ4v) is 5.93. The number of rotatable bonds is 0. The third-order valence-electron chi connectivity index (χ3n) is 5.56. The van der Waals surface area contributed by atoms with Crippen molar-refractivity contribution in [2.24, 2.45) is 17.3 Å². The van der Waals surface area contributed by atoms with Crippen molar-refractivity contribution >= 4 is 12.6 Å². The summed E-state index contributed by atoms with van der Waals surface area (Å²) < 4.78 is 0.427. The van der Waals surface area contributed by atoms with Gasteiger partial charge in [-0.2, -0.15) is 12.6 Å². The summed E-state index contributed by atoms with van der Waals surface area (Å²) in [5, 5.41) is 0. The van der Waals surface area contributed by atoms with Gasteiger partial charge in [0.1, 0.15) is 0 Å². The molecule has 0 aromatic carbocycles. The topological polar surface area (TPSA) is 0 Å². The van der Waals surface area contributed by atoms with Crippen LogP contribution in [0.2, 0.25) is 0 Å². The Kier molecular flexibility index (Phi) is 2.39. The van der Waals surface area contributed by atoms with Crippen LogP contribution in [0.25, 0.3) is 0 Å². The zero-order valence-electron chi connectivity index (χ0n) is 9.97. The van der Waals surface area contributed by atoms with Crippen LogP contribution in [0.4, 0.5) is 0 Å². The van der Waals surface area contributed by atoms with Crippen LogP contribution in [0.5, 0.6) is 0 Å². The molecule has 3 aliphatic rings. The Hall–Kier alpha value is 0.350. The van der Waals surface area contributed by atoms with Crippen LogP contribution in [0.3, 0.4) is 0 Å². The predicted molar refractivity (Wildman–Crippen MR) is 68.4 cm³/mol. The van der Waals surface area contributed by atoms with Crippen molar-refractivity contribution < 1.29 is 0 Å². The molecule has 0 spiro atoms. The smallest absolute Gasteiger partial charge is 0.0166 e. The molecule has 4 atom stereocenters. The van der Waals surface area contributed by atoms with Crippen LogP contribution in [0.15, 0.2) is 0 Å². The fourth-order valence-electron chi connectivity index (χ4n) is 5.05. The molecule has 3 aliphatic carbocycles. The van der Waals surface area contributed by atoms with Gasteiger partial charge in [-0.1, -0.05) is 26.2 Å². The largest absolute Gasteiger partial charge is 0.172 e. The second kappa shape index (κ2) is 3.42. The van der Waals surface area contributed by atoms with E-state index in [4.69, 9.17) is 12.6 Å². The molecule has 3 fully saturated rings. The molecule has 86 valence electrons. The molecule has 0 heterocycles. The van der Waals surface area contributed by atoms with Crippen molar-refractivity contribution in [1.82, 2.24) is 0 Å². The molecular weight excluding hydrogens is 200 g/mol. The monoisotopic (exact) mass is 224 g/mol. The van der Waals surface area contributed by atoms with E-state index in [0.29, 0.717) is 4.75 Å². The molecule has 0 aliphatic heterocycles. The first-order valence-corrected chi connectivity index (χ1v) is 7.32. The molecule has 0 aromatic heterocycles. The summed E-state index contributed by atoms with van der Waals surface area (Å²) in [6.45, 7) is 2.46. The molecule has 4 unspecified atom stereocenters. The van der Waals surface area contributed by atoms with E-state index in [1.165, 1.54) is 57.8 Å². The highest BCUT2D eigenvalue weighted by Crippen LogP contribution is 2.66. The van der Waals surface area contributed by atoms with Gasteiger partial charge in [-0.25, -0.2) is 0 Å². The highest BCUT2D eigenvalue weighted by atomic mass is 32.1. The van der Waals surface area contributed by atoms with Crippen molar-refractivity contribution in [3.8, 4) is 0 Å². The van der Waals surface area contributed by atoms with Gasteiger partial charge >= 0.3 is 0 Å². The first kappa shape index (κ1) is 10.5. The minimum atomic E-state index is 0.427. The van der Waals surface area contributed by atoms with E-state index in [2.05, 4.69) is 6.92 Å². The van der Waals surface area contributed by atoms with Crippen LogP contribution in [-0.4, -0.2) is 4.75 Å². The minimum Gasteiger partial charge on any atom is -0.172 e. The van der Waals surface area contributed by atoms with Gasteiger partial charge in [0.15, 0.2) is 0 Å². The molecule has 0 saturated heterocycles. The van der Waals surface area contributed by atoms with E-state index in [-0.39, 0.29) is 0 Å². The lowest BCUT2D eigenvalue weighted by molar-refractivity contribution is -0.0755. The molecular formula is C14H24S. The predicted octanol–water partition coefficient (Wildman–Crippen LogP) is 4.45. The minimum absolute atomic E-state index is 0.427. The van der Waals surface area contributed by atoms with Gasteiger partial charge in [0.05, 0.1) is 0 Å². The Morgan fingerprint density at radius 3 is 2.53 bits per heavy atom. The Morgan fingerprint density at radius 1 is 1.00 bits per heavy atom. The third kappa shape index (κ3) is 1.49. The summed E-state index contributed by atoms with van der Waals surface area (Å²) in [4.78, 5) is 0. The van der Waals surface area contributed by atoms with E-state index in [0.717, 1.165) is 17.3 Å². The van der Waals surface area contributed by atoms with Crippen molar-refractivity contribution in [1.29, 1.82) is 0 Å². The van der Waals surface area contributed by atoms with Gasteiger partial charge in [-0.05, 0) is 55.8 Å². The second-order valence-corrected chi connectivity index (χ2v) is 7.52. The normalized spacial score (nSPS) is 54.8. The van der Waals surface area contributed by atoms with E-state index in [9.17, 15) is 0 Å². The molecule has 0 aromatic rings. The zero-order chi connectivity index (χ0) is 10.5. The highest BCUT2D eigenvalue weighted by molar-refractivity contribution is 7.81. The van der Waals surface area contributed by atoms with Gasteiger partial charge < -0.3 is 0 Å². The summed E-state index contributed by atoms with van der Waals surface area (Å²) in [6.07, 6.45) is 13.2. The number of hydrogen-bond donors (Lipinski definition) is 1. The Morgan fingerprint density at radius 2 is 1.80 bits per heavy atom. The van der Waals surface area contributed by atoms with Crippen LogP contribution >= 0.6 is 12.6 Å². The van der Waals surface area contributed by atoms with Gasteiger partial charge in [0.2, 0.25) is 0 Å². The number of thiol groups is 1. The maximum Gasteiger partial charge on any atom is 0.0166 e. The summed E-state index contributed by atoms with van der Waals surface area (Å²) in [6, 6.07) is 0. The Balaban J connectivity index is 1.92. The lowest BCUT2D eigenvalue weighted by Gasteiger charge is -2.63. The van der Waals surface area contributed by atoms with Crippen LogP contribution in [0.1, 0.15) is 64.7 Å². The highest BCUT2D eigenvalue weighted by Gasteiger charge is 2.58. The van der Waals surface area contributed by atoms with Crippen molar-refractivity contribution in [3.05, 3.63) is 0 Å². The molecule has 0 amide bonds. The van der Waals surface area contributed by atoms with Gasteiger partial charge in [0, 0.05) is 4.75 Å². The average Bonchev–Trinajstić information content (AvgIpc) is 2.11. The summed E-state index contributed by atoms with van der Waals surface area (Å²) >= 11 is 5.14. The molecule has 1 heteroatoms. The van der Waals surface area contributed by atoms with Crippen LogP contribution < -0.4 is 0 Å². The first-order chi connectivity index (χ1) is 7.15. The average molecular weight is 224 g/mol. The standard InChI is InChI=1S/C14H24S/c1-11-9-13-6-3-2-4-7-14(15,10-11)12(13)5-8-13/h11-12,15H,2-10H2,1H3. The quantitative estimate of drug-likeness (QED) is 0.578. The summed E-state index contributed by atoms with van der Waals surface area (Å²) in [7, 11) is 0. The Bertz CT molecular complexity index is 246. The maximum atomic E-state index is 5.14. The molecule has 3 rings (SSSR count). The SMILES string of the molecule is CC1CC2(S)CCCCCC3(CCC23)C1. The molecule has 0 N–H and O–H groups in total. The molecule has 15 heavy (non-hydrogen) atoms. The van der Waals surface area contributed by atoms with E-state index >= 15 is 0 Å². The van der Waals surface area contributed by atoms with Gasteiger partial charge in [-0.3, -0.25) is 0 Å². The zero-order valence-corrected chi connectivity index (χ0v) is 10.9. The second-order valence-electron chi connectivity index (χ2n) is 6.63. The molecule has 0 radical (unpaired) electrons. The molecule has 2 bridgehead atoms. The lowest BCUT2D eigenvalue weighted by Crippen LogP contribution is -2.57. The lowest BCUT2D eigenvalue weighted by atomic mass is 9.45. The van der Waals surface area contributed by atoms with Gasteiger partial charge in [-0.15, -0.1) is 0 Å². The van der Waals surface area contributed by atoms with E-state index in [1.807, 2.05) is 0 Å². The number of hydrogen-bond acceptors (Lipinski definition) is 1. The molecule has 0 nitrogen and oxygen atoms in total. The van der Waals surface area contributed by atoms with Crippen LogP contribution in [-0.2, 0) is 0 Å². The van der Waals surface area contributed by atoms with Crippen LogP contribution in [0, 0.1) is 17.3 Å². The summed E-state index contributed by atoms with van der Waals surface area (Å²) in [5.41, 5.74) is 0.750. The molecule has 3 saturated carbocycles. The Labute approximate surface area is 99.6 Å². The van der Waals surface area contributed by atoms with Gasteiger partial charge in [0.25, 0.3) is 0 Å².